The van der Waals surface area contributed by atoms with Gasteiger partial charge in [-0.05, 0) is 34.5 Å². The summed E-state index contributed by atoms with van der Waals surface area (Å²) in [5.41, 5.74) is -0.264. The molecule has 0 atom stereocenters. The average Bonchev–Trinajstić information content (AvgIpc) is 3.04. The molecule has 0 aliphatic heterocycles. The Balaban J connectivity index is 1.96. The molecule has 2 aromatic heterocycles. The van der Waals surface area contributed by atoms with Gasteiger partial charge < -0.3 is 4.74 Å². The van der Waals surface area contributed by atoms with Crippen LogP contribution in [0.1, 0.15) is 16.1 Å². The van der Waals surface area contributed by atoms with Gasteiger partial charge in [0.15, 0.2) is 10.9 Å². The van der Waals surface area contributed by atoms with Crippen LogP contribution in [0.15, 0.2) is 25.9 Å². The number of methoxy groups -OCH3 is 1. The van der Waals surface area contributed by atoms with Crippen LogP contribution in [0.25, 0.3) is 0 Å². The number of H-pyrrole nitrogens is 1. The fourth-order valence-electron chi connectivity index (χ4n) is 1.64. The van der Waals surface area contributed by atoms with Crippen molar-refractivity contribution in [3.63, 3.8) is 0 Å². The summed E-state index contributed by atoms with van der Waals surface area (Å²) in [4.78, 5) is 24.4. The average molecular weight is 392 g/mol. The van der Waals surface area contributed by atoms with Crippen molar-refractivity contribution in [2.75, 3.05) is 19.5 Å². The van der Waals surface area contributed by atoms with Crippen molar-refractivity contribution in [1.82, 2.24) is 14.8 Å². The Morgan fingerprint density at radius 3 is 3.05 bits per heavy atom. The number of ketones is 1. The van der Waals surface area contributed by atoms with E-state index in [4.69, 9.17) is 4.74 Å². The van der Waals surface area contributed by atoms with E-state index in [9.17, 15) is 9.59 Å². The molecule has 114 valence electrons. The third-order valence-corrected chi connectivity index (χ3v) is 5.27. The van der Waals surface area contributed by atoms with Gasteiger partial charge in [0.25, 0.3) is 0 Å². The van der Waals surface area contributed by atoms with Crippen LogP contribution in [0.5, 0.6) is 0 Å². The van der Waals surface area contributed by atoms with Gasteiger partial charge in [-0.15, -0.1) is 16.4 Å². The van der Waals surface area contributed by atoms with E-state index in [0.29, 0.717) is 23.2 Å². The largest absolute Gasteiger partial charge is 0.385 e. The quantitative estimate of drug-likeness (QED) is 0.424. The van der Waals surface area contributed by atoms with Gasteiger partial charge in [0.2, 0.25) is 0 Å². The highest BCUT2D eigenvalue weighted by molar-refractivity contribution is 9.11. The minimum atomic E-state index is -0.264. The molecule has 0 spiro atoms. The molecule has 21 heavy (non-hydrogen) atoms. The molecule has 1 N–H and O–H groups in total. The van der Waals surface area contributed by atoms with Gasteiger partial charge in [-0.25, -0.2) is 9.89 Å². The molecule has 0 aliphatic carbocycles. The third-order valence-electron chi connectivity index (χ3n) is 2.63. The zero-order valence-corrected chi connectivity index (χ0v) is 14.5. The standard InChI is InChI=1S/C12H14BrN3O3S2/c1-19-6-2-5-16-11(18)14-15-12(16)20-7-8(17)9-3-4-10(13)21-9/h3-4H,2,5-7H2,1H3,(H,14,18). The number of carbonyl (C=O) groups excluding carboxylic acids is 1. The summed E-state index contributed by atoms with van der Waals surface area (Å²) in [6.45, 7) is 1.09. The van der Waals surface area contributed by atoms with Gasteiger partial charge in [0, 0.05) is 20.3 Å². The fraction of sp³-hybridized carbons (Fsp3) is 0.417. The summed E-state index contributed by atoms with van der Waals surface area (Å²) in [5, 5.41) is 6.89. The maximum absolute atomic E-state index is 12.0. The molecule has 0 saturated heterocycles. The highest BCUT2D eigenvalue weighted by Gasteiger charge is 2.13. The van der Waals surface area contributed by atoms with Crippen LogP contribution in [-0.2, 0) is 11.3 Å². The van der Waals surface area contributed by atoms with E-state index in [2.05, 4.69) is 26.1 Å². The van der Waals surface area contributed by atoms with Crippen molar-refractivity contribution < 1.29 is 9.53 Å². The number of ether oxygens (including phenoxy) is 1. The Labute approximate surface area is 138 Å². The Morgan fingerprint density at radius 2 is 2.38 bits per heavy atom. The van der Waals surface area contributed by atoms with E-state index >= 15 is 0 Å². The molecule has 2 rings (SSSR count). The first-order valence-electron chi connectivity index (χ1n) is 6.17. The van der Waals surface area contributed by atoms with Crippen molar-refractivity contribution in [3.05, 3.63) is 31.3 Å². The number of hydrogen-bond donors (Lipinski definition) is 1. The molecule has 0 unspecified atom stereocenters. The van der Waals surface area contributed by atoms with Crippen LogP contribution < -0.4 is 5.69 Å². The molecule has 2 aromatic rings. The maximum Gasteiger partial charge on any atom is 0.343 e. The van der Waals surface area contributed by atoms with E-state index in [1.807, 2.05) is 6.07 Å². The first kappa shape index (κ1) is 16.5. The van der Waals surface area contributed by atoms with Crippen LogP contribution in [0, 0.1) is 0 Å². The zero-order chi connectivity index (χ0) is 15.2. The second-order valence-electron chi connectivity index (χ2n) is 4.12. The van der Waals surface area contributed by atoms with Crippen molar-refractivity contribution >= 4 is 44.8 Å². The minimum absolute atomic E-state index is 0.0228. The van der Waals surface area contributed by atoms with Crippen molar-refractivity contribution in [1.29, 1.82) is 0 Å². The molecule has 6 nitrogen and oxygen atoms in total. The topological polar surface area (TPSA) is 77.0 Å². The highest BCUT2D eigenvalue weighted by Crippen LogP contribution is 2.24. The first-order chi connectivity index (χ1) is 10.1. The van der Waals surface area contributed by atoms with Crippen LogP contribution in [0.3, 0.4) is 0 Å². The Bertz CT molecular complexity index is 665. The Kier molecular flexibility index (Phi) is 6.22. The van der Waals surface area contributed by atoms with E-state index < -0.39 is 0 Å². The van der Waals surface area contributed by atoms with Crippen molar-refractivity contribution in [2.24, 2.45) is 0 Å². The highest BCUT2D eigenvalue weighted by atomic mass is 79.9. The van der Waals surface area contributed by atoms with Gasteiger partial charge in [-0.2, -0.15) is 0 Å². The number of hydrogen-bond acceptors (Lipinski definition) is 6. The lowest BCUT2D eigenvalue weighted by atomic mass is 10.4. The molecule has 0 bridgehead atoms. The predicted octanol–water partition coefficient (Wildman–Crippen LogP) is 2.41. The van der Waals surface area contributed by atoms with E-state index in [1.165, 1.54) is 27.7 Å². The van der Waals surface area contributed by atoms with Crippen LogP contribution in [0.2, 0.25) is 0 Å². The smallest absolute Gasteiger partial charge is 0.343 e. The van der Waals surface area contributed by atoms with Crippen LogP contribution in [0.4, 0.5) is 0 Å². The number of rotatable bonds is 8. The molecular formula is C12H14BrN3O3S2. The van der Waals surface area contributed by atoms with Gasteiger partial charge in [0.1, 0.15) is 0 Å². The lowest BCUT2D eigenvalue weighted by molar-refractivity contribution is 0.102. The number of nitrogens with one attached hydrogen (secondary N) is 1. The number of nitrogens with zero attached hydrogens (tertiary/aromatic N) is 2. The molecular weight excluding hydrogens is 378 g/mol. The normalized spacial score (nSPS) is 11.0. The summed E-state index contributed by atoms with van der Waals surface area (Å²) in [6.07, 6.45) is 0.718. The van der Waals surface area contributed by atoms with Crippen LogP contribution in [-0.4, -0.2) is 40.0 Å². The number of thiophene rings is 1. The minimum Gasteiger partial charge on any atom is -0.385 e. The number of aromatic nitrogens is 3. The lowest BCUT2D eigenvalue weighted by Gasteiger charge is -2.04. The molecule has 9 heteroatoms. The lowest BCUT2D eigenvalue weighted by Crippen LogP contribution is -2.18. The summed E-state index contributed by atoms with van der Waals surface area (Å²) in [6, 6.07) is 3.63. The van der Waals surface area contributed by atoms with E-state index in [0.717, 1.165) is 10.2 Å². The Morgan fingerprint density at radius 1 is 1.57 bits per heavy atom. The van der Waals surface area contributed by atoms with Gasteiger partial charge >= 0.3 is 5.69 Å². The molecule has 0 aliphatic rings. The second kappa shape index (κ2) is 7.92. The van der Waals surface area contributed by atoms with Crippen LogP contribution >= 0.6 is 39.0 Å². The maximum atomic E-state index is 12.0. The molecule has 0 saturated carbocycles. The molecule has 0 amide bonds. The zero-order valence-electron chi connectivity index (χ0n) is 11.3. The van der Waals surface area contributed by atoms with Gasteiger partial charge in [0.05, 0.1) is 14.4 Å². The SMILES string of the molecule is COCCCn1c(SCC(=O)c2ccc(Br)s2)n[nH]c1=O. The number of carbonyl (C=O) groups is 1. The third kappa shape index (κ3) is 4.53. The molecule has 0 aromatic carbocycles. The predicted molar refractivity (Wildman–Crippen MR) is 86.4 cm³/mol. The number of aromatic amines is 1. The monoisotopic (exact) mass is 391 g/mol. The molecule has 0 fully saturated rings. The Hall–Kier alpha value is -0.900. The summed E-state index contributed by atoms with van der Waals surface area (Å²) >= 11 is 5.99. The van der Waals surface area contributed by atoms with Gasteiger partial charge in [-0.1, -0.05) is 11.8 Å². The fourth-order valence-corrected chi connectivity index (χ4v) is 3.91. The van der Waals surface area contributed by atoms with E-state index in [-0.39, 0.29) is 17.2 Å². The number of Topliss-reactive ketones (excluding diaryl/α,β-unsaturated/α-hetero) is 1. The number of halogens is 1. The summed E-state index contributed by atoms with van der Waals surface area (Å²) in [5.74, 6) is 0.274. The van der Waals surface area contributed by atoms with Gasteiger partial charge in [-0.3, -0.25) is 9.36 Å². The second-order valence-corrected chi connectivity index (χ2v) is 7.53. The van der Waals surface area contributed by atoms with Crippen molar-refractivity contribution in [2.45, 2.75) is 18.1 Å². The summed E-state index contributed by atoms with van der Waals surface area (Å²) in [7, 11) is 1.62. The van der Waals surface area contributed by atoms with E-state index in [1.54, 1.807) is 13.2 Å². The first-order valence-corrected chi connectivity index (χ1v) is 8.77. The van der Waals surface area contributed by atoms with Crippen molar-refractivity contribution in [3.8, 4) is 0 Å². The molecule has 0 radical (unpaired) electrons. The summed E-state index contributed by atoms with van der Waals surface area (Å²) < 4.78 is 7.42. The number of thioether (sulfide) groups is 1. The molecule has 2 heterocycles.